The normalized spacial score (nSPS) is 14.5. The number of carbonyl (C=O) groups excluding carboxylic acids is 4. The van der Waals surface area contributed by atoms with Crippen molar-refractivity contribution in [2.24, 2.45) is 17.8 Å². The number of ether oxygens (including phenoxy) is 4. The molecule has 0 rings (SSSR count). The van der Waals surface area contributed by atoms with Gasteiger partial charge in [0.1, 0.15) is 19.3 Å². The molecule has 0 aliphatic carbocycles. The number of phosphoric acid groups is 2. The topological polar surface area (TPSA) is 237 Å². The van der Waals surface area contributed by atoms with Crippen molar-refractivity contribution in [3.8, 4) is 0 Å². The molecule has 0 aliphatic heterocycles. The van der Waals surface area contributed by atoms with Gasteiger partial charge in [-0.3, -0.25) is 37.3 Å². The molecule has 3 N–H and O–H groups in total. The van der Waals surface area contributed by atoms with Crippen LogP contribution < -0.4 is 0 Å². The Kier molecular flexibility index (Phi) is 65.3. The van der Waals surface area contributed by atoms with Crippen LogP contribution in [0.4, 0.5) is 0 Å². The Morgan fingerprint density at radius 3 is 0.927 bits per heavy atom. The zero-order valence-electron chi connectivity index (χ0n) is 62.3. The van der Waals surface area contributed by atoms with Gasteiger partial charge >= 0.3 is 39.5 Å². The van der Waals surface area contributed by atoms with Crippen LogP contribution in [-0.4, -0.2) is 96.7 Å². The molecule has 0 amide bonds. The third-order valence-corrected chi connectivity index (χ3v) is 19.5. The van der Waals surface area contributed by atoms with Crippen LogP contribution in [0.5, 0.6) is 0 Å². The number of aliphatic hydroxyl groups is 1. The van der Waals surface area contributed by atoms with Crippen molar-refractivity contribution in [3.63, 3.8) is 0 Å². The highest BCUT2D eigenvalue weighted by Crippen LogP contribution is 2.45. The highest BCUT2D eigenvalue weighted by Gasteiger charge is 2.30. The number of unbranched alkanes of at least 4 members (excludes halogenated alkanes) is 37. The zero-order valence-corrected chi connectivity index (χ0v) is 64.1. The van der Waals surface area contributed by atoms with Gasteiger partial charge in [-0.25, -0.2) is 9.13 Å². The van der Waals surface area contributed by atoms with Crippen LogP contribution in [0.2, 0.25) is 0 Å². The summed E-state index contributed by atoms with van der Waals surface area (Å²) in [5.74, 6) is 0.140. The first-order valence-electron chi connectivity index (χ1n) is 39.2. The molecule has 96 heavy (non-hydrogen) atoms. The molecule has 0 aromatic heterocycles. The number of aliphatic hydroxyl groups excluding tert-OH is 1. The Morgan fingerprint density at radius 2 is 0.615 bits per heavy atom. The van der Waals surface area contributed by atoms with Crippen LogP contribution in [0, 0.1) is 17.8 Å². The largest absolute Gasteiger partial charge is 0.472 e. The summed E-state index contributed by atoms with van der Waals surface area (Å²) in [5, 5.41) is 10.6. The molecule has 3 unspecified atom stereocenters. The highest BCUT2D eigenvalue weighted by molar-refractivity contribution is 7.47. The fourth-order valence-corrected chi connectivity index (χ4v) is 12.8. The van der Waals surface area contributed by atoms with Gasteiger partial charge < -0.3 is 33.8 Å². The first-order chi connectivity index (χ1) is 46.3. The van der Waals surface area contributed by atoms with Crippen LogP contribution in [0.1, 0.15) is 370 Å². The fraction of sp³-hybridized carbons (Fsp3) is 0.896. The quantitative estimate of drug-likeness (QED) is 0.0169. The Labute approximate surface area is 586 Å². The van der Waals surface area contributed by atoms with E-state index in [0.717, 1.165) is 121 Å². The van der Waals surface area contributed by atoms with E-state index in [2.05, 4.69) is 72.8 Å². The Balaban J connectivity index is 5.27. The summed E-state index contributed by atoms with van der Waals surface area (Å²) in [6, 6.07) is 0. The number of allylic oxidation sites excluding steroid dienone is 4. The van der Waals surface area contributed by atoms with Crippen molar-refractivity contribution >= 4 is 39.5 Å². The molecule has 566 valence electrons. The third-order valence-electron chi connectivity index (χ3n) is 17.6. The summed E-state index contributed by atoms with van der Waals surface area (Å²) in [4.78, 5) is 72.8. The summed E-state index contributed by atoms with van der Waals surface area (Å²) < 4.78 is 68.5. The minimum atomic E-state index is -4.97. The molecule has 0 saturated carbocycles. The van der Waals surface area contributed by atoms with Gasteiger partial charge in [0, 0.05) is 25.7 Å². The number of hydrogen-bond acceptors (Lipinski definition) is 15. The van der Waals surface area contributed by atoms with Gasteiger partial charge in [0.05, 0.1) is 26.4 Å². The second-order valence-electron chi connectivity index (χ2n) is 28.3. The first-order valence-corrected chi connectivity index (χ1v) is 42.2. The molecule has 6 atom stereocenters. The first kappa shape index (κ1) is 93.5. The van der Waals surface area contributed by atoms with E-state index in [1.54, 1.807) is 0 Å². The predicted octanol–water partition coefficient (Wildman–Crippen LogP) is 22.1. The molecule has 19 heteroatoms. The lowest BCUT2D eigenvalue weighted by Gasteiger charge is -2.21. The van der Waals surface area contributed by atoms with Gasteiger partial charge in [0.15, 0.2) is 12.2 Å². The van der Waals surface area contributed by atoms with Crippen molar-refractivity contribution in [1.29, 1.82) is 0 Å². The SMILES string of the molecule is CCCCCC/C=C\C=C/CCCCCCCC(=O)O[C@H](COC(=O)CCCCCCCCCCCCCCCCC(C)CC)COP(=O)(O)OC[C@@H](O)COP(=O)(O)OC[C@@H](COC(=O)CCCCCCCCC(C)C)OC(=O)CCCCCCCCCCCCCC(C)C. The summed E-state index contributed by atoms with van der Waals surface area (Å²) in [6.07, 6.45) is 56.4. The maximum absolute atomic E-state index is 13.1. The maximum Gasteiger partial charge on any atom is 0.472 e. The van der Waals surface area contributed by atoms with Crippen molar-refractivity contribution < 1.29 is 80.2 Å². The molecule has 0 spiro atoms. The average Bonchev–Trinajstić information content (AvgIpc) is 1.61. The zero-order chi connectivity index (χ0) is 70.9. The van der Waals surface area contributed by atoms with Crippen LogP contribution in [0.25, 0.3) is 0 Å². The van der Waals surface area contributed by atoms with Crippen molar-refractivity contribution in [1.82, 2.24) is 0 Å². The van der Waals surface area contributed by atoms with E-state index in [-0.39, 0.29) is 25.7 Å². The number of hydrogen-bond donors (Lipinski definition) is 3. The van der Waals surface area contributed by atoms with E-state index < -0.39 is 97.5 Å². The molecular weight excluding hydrogens is 1260 g/mol. The summed E-state index contributed by atoms with van der Waals surface area (Å²) >= 11 is 0. The van der Waals surface area contributed by atoms with Gasteiger partial charge in [-0.1, -0.05) is 317 Å². The van der Waals surface area contributed by atoms with Gasteiger partial charge in [-0.15, -0.1) is 0 Å². The fourth-order valence-electron chi connectivity index (χ4n) is 11.2. The smallest absolute Gasteiger partial charge is 0.462 e. The molecule has 0 radical (unpaired) electrons. The van der Waals surface area contributed by atoms with Crippen LogP contribution >= 0.6 is 15.6 Å². The lowest BCUT2D eigenvalue weighted by atomic mass is 9.99. The number of rotatable bonds is 73. The summed E-state index contributed by atoms with van der Waals surface area (Å²) in [6.45, 7) is 11.8. The van der Waals surface area contributed by atoms with E-state index in [1.165, 1.54) is 161 Å². The molecule has 0 aromatic carbocycles. The van der Waals surface area contributed by atoms with E-state index in [0.29, 0.717) is 31.6 Å². The Morgan fingerprint density at radius 1 is 0.344 bits per heavy atom. The number of esters is 4. The molecule has 17 nitrogen and oxygen atoms in total. The molecule has 0 aliphatic rings. The van der Waals surface area contributed by atoms with Gasteiger partial charge in [-0.2, -0.15) is 0 Å². The van der Waals surface area contributed by atoms with Crippen LogP contribution in [0.3, 0.4) is 0 Å². The molecule has 0 fully saturated rings. The number of carbonyl (C=O) groups is 4. The minimum Gasteiger partial charge on any atom is -0.462 e. The standard InChI is InChI=1S/C77H146O17P2/c1-8-10-11-12-13-14-15-16-17-22-27-32-37-46-53-60-76(81)93-72(64-87-74(79)58-51-44-36-31-26-21-19-18-20-25-30-35-43-50-57-70(7)9-2)66-91-95(83,84)89-62-71(78)63-90-96(85,86)92-67-73(65-88-75(80)59-52-45-40-39-42-49-56-69(5)6)94-77(82)61-54-47-38-33-28-23-24-29-34-41-48-55-68(3)4/h14-17,68-73,78H,8-13,18-67H2,1-7H3,(H,83,84)(H,85,86)/b15-14-,17-16-/t70?,71-,72-,73-/m1/s1. The summed E-state index contributed by atoms with van der Waals surface area (Å²) in [7, 11) is -9.93. The average molecular weight is 1410 g/mol. The van der Waals surface area contributed by atoms with E-state index >= 15 is 0 Å². The van der Waals surface area contributed by atoms with Crippen molar-refractivity contribution in [2.45, 2.75) is 388 Å². The Hall–Kier alpha value is -2.46. The van der Waals surface area contributed by atoms with Crippen molar-refractivity contribution in [2.75, 3.05) is 39.6 Å². The second kappa shape index (κ2) is 67.1. The van der Waals surface area contributed by atoms with E-state index in [9.17, 15) is 43.2 Å². The molecule has 0 aromatic rings. The van der Waals surface area contributed by atoms with Gasteiger partial charge in [0.25, 0.3) is 0 Å². The monoisotopic (exact) mass is 1410 g/mol. The molecule has 0 heterocycles. The predicted molar refractivity (Wildman–Crippen MR) is 390 cm³/mol. The van der Waals surface area contributed by atoms with Crippen molar-refractivity contribution in [3.05, 3.63) is 24.3 Å². The lowest BCUT2D eigenvalue weighted by Crippen LogP contribution is -2.30. The van der Waals surface area contributed by atoms with Crippen LogP contribution in [-0.2, 0) is 65.4 Å². The van der Waals surface area contributed by atoms with Crippen LogP contribution in [0.15, 0.2) is 24.3 Å². The highest BCUT2D eigenvalue weighted by atomic mass is 31.2. The minimum absolute atomic E-state index is 0.0849. The van der Waals surface area contributed by atoms with Gasteiger partial charge in [-0.05, 0) is 69.1 Å². The van der Waals surface area contributed by atoms with E-state index in [4.69, 9.17) is 37.0 Å². The Bertz CT molecular complexity index is 1970. The summed E-state index contributed by atoms with van der Waals surface area (Å²) in [5.41, 5.74) is 0. The second-order valence-corrected chi connectivity index (χ2v) is 31.2. The maximum atomic E-state index is 13.1. The lowest BCUT2D eigenvalue weighted by molar-refractivity contribution is -0.161. The van der Waals surface area contributed by atoms with E-state index in [1.807, 2.05) is 0 Å². The molecular formula is C77H146O17P2. The third kappa shape index (κ3) is 68.7. The molecule has 0 saturated heterocycles. The van der Waals surface area contributed by atoms with Gasteiger partial charge in [0.2, 0.25) is 0 Å². The molecule has 0 bridgehead atoms. The number of phosphoric ester groups is 2.